The van der Waals surface area contributed by atoms with Crippen LogP contribution < -0.4 is 14.8 Å². The van der Waals surface area contributed by atoms with Crippen molar-refractivity contribution < 1.29 is 14.3 Å². The molecule has 0 saturated heterocycles. The summed E-state index contributed by atoms with van der Waals surface area (Å²) in [6, 6.07) is 12.7. The normalized spacial score (nSPS) is 10.6. The molecule has 1 amide bonds. The summed E-state index contributed by atoms with van der Waals surface area (Å²) in [5.74, 6) is 0.336. The van der Waals surface area contributed by atoms with E-state index in [1.165, 1.54) is 13.2 Å². The average molecular weight is 375 g/mol. The van der Waals surface area contributed by atoms with Crippen LogP contribution in [-0.2, 0) is 4.79 Å². The van der Waals surface area contributed by atoms with Crippen molar-refractivity contribution in [2.75, 3.05) is 19.0 Å². The third-order valence-corrected chi connectivity index (χ3v) is 4.07. The number of nitriles is 2. The van der Waals surface area contributed by atoms with Gasteiger partial charge in [-0.1, -0.05) is 23.8 Å². The van der Waals surface area contributed by atoms with Crippen molar-refractivity contribution in [3.05, 3.63) is 58.2 Å². The number of carbonyl (C=O) groups is 1. The zero-order valence-corrected chi connectivity index (χ0v) is 16.3. The molecule has 0 aliphatic heterocycles. The molecule has 0 spiro atoms. The average Bonchev–Trinajstić information content (AvgIpc) is 2.67. The molecule has 2 rings (SSSR count). The number of nitrogens with zero attached hydrogens (tertiary/aromatic N) is 2. The minimum absolute atomic E-state index is 0.0351. The zero-order chi connectivity index (χ0) is 20.7. The molecule has 0 bridgehead atoms. The lowest BCUT2D eigenvalue weighted by Crippen LogP contribution is -2.15. The summed E-state index contributed by atoms with van der Waals surface area (Å²) < 4.78 is 10.5. The van der Waals surface area contributed by atoms with E-state index < -0.39 is 5.91 Å². The number of hydrogen-bond donors (Lipinski definition) is 1. The van der Waals surface area contributed by atoms with Crippen molar-refractivity contribution in [3.8, 4) is 23.6 Å². The summed E-state index contributed by atoms with van der Waals surface area (Å²) in [4.78, 5) is 12.6. The number of aryl methyl sites for hydroxylation is 3. The molecule has 6 nitrogen and oxygen atoms in total. The standard InChI is InChI=1S/C22H21N3O3/c1-14-9-15(2)21(16(3)10-14)25-22(26)18(13-24)11-17-5-6-19(28-8-7-23)20(12-17)27-4/h5-6,9-12H,8H2,1-4H3,(H,25,26)/b18-11+. The fourth-order valence-corrected chi connectivity index (χ4v) is 2.88. The van der Waals surface area contributed by atoms with Crippen LogP contribution in [0.4, 0.5) is 5.69 Å². The van der Waals surface area contributed by atoms with Gasteiger partial charge in [-0.2, -0.15) is 10.5 Å². The Morgan fingerprint density at radius 1 is 1.11 bits per heavy atom. The van der Waals surface area contributed by atoms with Crippen molar-refractivity contribution in [2.45, 2.75) is 20.8 Å². The molecule has 0 unspecified atom stereocenters. The number of anilines is 1. The molecule has 0 aromatic heterocycles. The van der Waals surface area contributed by atoms with E-state index in [4.69, 9.17) is 14.7 Å². The molecule has 2 aromatic rings. The largest absolute Gasteiger partial charge is 0.493 e. The summed E-state index contributed by atoms with van der Waals surface area (Å²) in [5.41, 5.74) is 4.24. The van der Waals surface area contributed by atoms with Gasteiger partial charge in [0.15, 0.2) is 18.1 Å². The minimum Gasteiger partial charge on any atom is -0.493 e. The maximum Gasteiger partial charge on any atom is 0.266 e. The lowest BCUT2D eigenvalue weighted by Gasteiger charge is -2.12. The van der Waals surface area contributed by atoms with Gasteiger partial charge in [0.2, 0.25) is 0 Å². The summed E-state index contributed by atoms with van der Waals surface area (Å²) in [6.07, 6.45) is 1.48. The number of amides is 1. The fourth-order valence-electron chi connectivity index (χ4n) is 2.88. The van der Waals surface area contributed by atoms with E-state index in [1.54, 1.807) is 18.2 Å². The summed E-state index contributed by atoms with van der Waals surface area (Å²) in [7, 11) is 1.48. The van der Waals surface area contributed by atoms with Crippen molar-refractivity contribution in [3.63, 3.8) is 0 Å². The van der Waals surface area contributed by atoms with Crippen LogP contribution in [0.2, 0.25) is 0 Å². The number of nitrogens with one attached hydrogen (secondary N) is 1. The number of hydrogen-bond acceptors (Lipinski definition) is 5. The number of carbonyl (C=O) groups excluding carboxylic acids is 1. The predicted molar refractivity (Wildman–Crippen MR) is 107 cm³/mol. The van der Waals surface area contributed by atoms with Gasteiger partial charge >= 0.3 is 0 Å². The van der Waals surface area contributed by atoms with Gasteiger partial charge in [-0.15, -0.1) is 0 Å². The number of ether oxygens (including phenoxy) is 2. The molecule has 142 valence electrons. The van der Waals surface area contributed by atoms with Crippen LogP contribution in [0.15, 0.2) is 35.9 Å². The first-order chi connectivity index (χ1) is 13.4. The van der Waals surface area contributed by atoms with Crippen LogP contribution in [0.5, 0.6) is 11.5 Å². The Morgan fingerprint density at radius 2 is 1.79 bits per heavy atom. The van der Waals surface area contributed by atoms with Gasteiger partial charge in [0, 0.05) is 5.69 Å². The summed E-state index contributed by atoms with van der Waals surface area (Å²) in [5, 5.41) is 20.9. The van der Waals surface area contributed by atoms with Crippen molar-refractivity contribution in [2.24, 2.45) is 0 Å². The molecule has 6 heteroatoms. The quantitative estimate of drug-likeness (QED) is 0.606. The van der Waals surface area contributed by atoms with Gasteiger partial charge in [-0.25, -0.2) is 0 Å². The summed E-state index contributed by atoms with van der Waals surface area (Å²) in [6.45, 7) is 5.71. The molecule has 0 atom stereocenters. The van der Waals surface area contributed by atoms with E-state index in [0.29, 0.717) is 22.7 Å². The number of methoxy groups -OCH3 is 1. The molecular weight excluding hydrogens is 354 g/mol. The number of benzene rings is 2. The first-order valence-corrected chi connectivity index (χ1v) is 8.58. The highest BCUT2D eigenvalue weighted by Gasteiger charge is 2.14. The molecule has 0 aliphatic rings. The number of rotatable bonds is 6. The molecule has 0 saturated carbocycles. The van der Waals surface area contributed by atoms with Crippen LogP contribution in [0, 0.1) is 43.4 Å². The molecule has 1 N–H and O–H groups in total. The lowest BCUT2D eigenvalue weighted by atomic mass is 10.0. The maximum absolute atomic E-state index is 12.6. The SMILES string of the molecule is COc1cc(/C=C(\C#N)C(=O)Nc2c(C)cc(C)cc2C)ccc1OCC#N. The zero-order valence-electron chi connectivity index (χ0n) is 16.3. The molecule has 0 aliphatic carbocycles. The third kappa shape index (κ3) is 4.90. The molecule has 0 fully saturated rings. The molecule has 2 aromatic carbocycles. The highest BCUT2D eigenvalue weighted by molar-refractivity contribution is 6.10. The molecule has 28 heavy (non-hydrogen) atoms. The van der Waals surface area contributed by atoms with Gasteiger partial charge in [0.1, 0.15) is 17.7 Å². The van der Waals surface area contributed by atoms with Crippen molar-refractivity contribution >= 4 is 17.7 Å². The Bertz CT molecular complexity index is 988. The molecular formula is C22H21N3O3. The molecule has 0 radical (unpaired) electrons. The van der Waals surface area contributed by atoms with Crippen molar-refractivity contribution in [1.29, 1.82) is 10.5 Å². The van der Waals surface area contributed by atoms with E-state index >= 15 is 0 Å². The van der Waals surface area contributed by atoms with Crippen LogP contribution in [0.3, 0.4) is 0 Å². The predicted octanol–water partition coefficient (Wildman–Crippen LogP) is 4.07. The smallest absolute Gasteiger partial charge is 0.266 e. The highest BCUT2D eigenvalue weighted by Crippen LogP contribution is 2.29. The van der Waals surface area contributed by atoms with Gasteiger partial charge < -0.3 is 14.8 Å². The second-order valence-corrected chi connectivity index (χ2v) is 6.25. The van der Waals surface area contributed by atoms with E-state index in [2.05, 4.69) is 5.32 Å². The Kier molecular flexibility index (Phi) is 6.79. The van der Waals surface area contributed by atoms with Gasteiger partial charge in [-0.3, -0.25) is 4.79 Å². The highest BCUT2D eigenvalue weighted by atomic mass is 16.5. The van der Waals surface area contributed by atoms with Gasteiger partial charge in [0.25, 0.3) is 5.91 Å². The van der Waals surface area contributed by atoms with E-state index in [1.807, 2.05) is 45.0 Å². The Labute approximate surface area is 164 Å². The van der Waals surface area contributed by atoms with Crippen LogP contribution >= 0.6 is 0 Å². The van der Waals surface area contributed by atoms with Crippen LogP contribution in [0.1, 0.15) is 22.3 Å². The van der Waals surface area contributed by atoms with Crippen LogP contribution in [-0.4, -0.2) is 19.6 Å². The first-order valence-electron chi connectivity index (χ1n) is 8.58. The van der Waals surface area contributed by atoms with E-state index in [-0.39, 0.29) is 12.2 Å². The topological polar surface area (TPSA) is 95.1 Å². The first kappa shape index (κ1) is 20.5. The lowest BCUT2D eigenvalue weighted by molar-refractivity contribution is -0.112. The van der Waals surface area contributed by atoms with Crippen molar-refractivity contribution in [1.82, 2.24) is 0 Å². The van der Waals surface area contributed by atoms with Crippen LogP contribution in [0.25, 0.3) is 6.08 Å². The Morgan fingerprint density at radius 3 is 2.36 bits per heavy atom. The third-order valence-electron chi connectivity index (χ3n) is 4.07. The fraction of sp³-hybridized carbons (Fsp3) is 0.227. The minimum atomic E-state index is -0.485. The summed E-state index contributed by atoms with van der Waals surface area (Å²) >= 11 is 0. The van der Waals surface area contributed by atoms with E-state index in [9.17, 15) is 10.1 Å². The Balaban J connectivity index is 2.30. The monoisotopic (exact) mass is 375 g/mol. The Hall–Kier alpha value is -3.77. The maximum atomic E-state index is 12.6. The van der Waals surface area contributed by atoms with Gasteiger partial charge in [0.05, 0.1) is 7.11 Å². The van der Waals surface area contributed by atoms with E-state index in [0.717, 1.165) is 16.7 Å². The van der Waals surface area contributed by atoms with Gasteiger partial charge in [-0.05, 0) is 55.7 Å². The molecule has 0 heterocycles. The second-order valence-electron chi connectivity index (χ2n) is 6.25. The second kappa shape index (κ2) is 9.25.